The number of hydrogen-bond acceptors (Lipinski definition) is 5. The molecule has 0 atom stereocenters. The van der Waals surface area contributed by atoms with Gasteiger partial charge < -0.3 is 10.1 Å². The first kappa shape index (κ1) is 13.2. The van der Waals surface area contributed by atoms with Crippen molar-refractivity contribution in [2.24, 2.45) is 5.92 Å². The Morgan fingerprint density at radius 1 is 1.35 bits per heavy atom. The second kappa shape index (κ2) is 6.67. The first-order chi connectivity index (χ1) is 8.11. The summed E-state index contributed by atoms with van der Waals surface area (Å²) < 4.78 is 4.72. The van der Waals surface area contributed by atoms with Crippen molar-refractivity contribution >= 4 is 17.7 Å². The van der Waals surface area contributed by atoms with E-state index >= 15 is 0 Å². The van der Waals surface area contributed by atoms with E-state index < -0.39 is 6.09 Å². The number of carbonyl (C=O) groups is 1. The summed E-state index contributed by atoms with van der Waals surface area (Å²) >= 11 is 0. The zero-order valence-electron chi connectivity index (χ0n) is 10.4. The zero-order valence-corrected chi connectivity index (χ0v) is 10.4. The fourth-order valence-corrected chi connectivity index (χ4v) is 1.07. The maximum absolute atomic E-state index is 11.1. The van der Waals surface area contributed by atoms with Crippen molar-refractivity contribution < 1.29 is 9.53 Å². The van der Waals surface area contributed by atoms with Crippen molar-refractivity contribution in [1.82, 2.24) is 10.2 Å². The number of amides is 1. The van der Waals surface area contributed by atoms with Crippen LogP contribution >= 0.6 is 0 Å². The van der Waals surface area contributed by atoms with E-state index in [0.29, 0.717) is 24.2 Å². The molecule has 1 rings (SSSR count). The van der Waals surface area contributed by atoms with E-state index in [1.54, 1.807) is 19.1 Å². The van der Waals surface area contributed by atoms with E-state index in [9.17, 15) is 4.79 Å². The average molecular weight is 238 g/mol. The number of rotatable bonds is 5. The van der Waals surface area contributed by atoms with Crippen LogP contribution in [0.25, 0.3) is 0 Å². The molecule has 1 aromatic rings. The van der Waals surface area contributed by atoms with E-state index in [-0.39, 0.29) is 0 Å². The van der Waals surface area contributed by atoms with Gasteiger partial charge in [0, 0.05) is 6.54 Å². The van der Waals surface area contributed by atoms with Gasteiger partial charge in [-0.25, -0.2) is 4.79 Å². The molecular formula is C11H18N4O2. The number of aromatic nitrogens is 2. The van der Waals surface area contributed by atoms with Crippen LogP contribution in [-0.2, 0) is 4.74 Å². The molecule has 0 aliphatic rings. The highest BCUT2D eigenvalue weighted by molar-refractivity contribution is 5.83. The van der Waals surface area contributed by atoms with E-state index in [0.717, 1.165) is 6.54 Å². The van der Waals surface area contributed by atoms with Gasteiger partial charge in [-0.3, -0.25) is 5.32 Å². The molecule has 0 saturated carbocycles. The normalized spacial score (nSPS) is 10.1. The lowest BCUT2D eigenvalue weighted by Gasteiger charge is -2.08. The third-order valence-electron chi connectivity index (χ3n) is 1.86. The van der Waals surface area contributed by atoms with Crippen LogP contribution in [0.3, 0.4) is 0 Å². The number of nitrogens with zero attached hydrogens (tertiary/aromatic N) is 2. The second-order valence-corrected chi connectivity index (χ2v) is 3.92. The van der Waals surface area contributed by atoms with E-state index in [2.05, 4.69) is 34.7 Å². The summed E-state index contributed by atoms with van der Waals surface area (Å²) in [5.41, 5.74) is 0. The highest BCUT2D eigenvalue weighted by Gasteiger charge is 2.03. The van der Waals surface area contributed by atoms with Crippen molar-refractivity contribution in [1.29, 1.82) is 0 Å². The molecule has 1 aromatic heterocycles. The summed E-state index contributed by atoms with van der Waals surface area (Å²) in [5, 5.41) is 13.4. The van der Waals surface area contributed by atoms with Crippen LogP contribution < -0.4 is 10.6 Å². The molecule has 0 radical (unpaired) electrons. The van der Waals surface area contributed by atoms with Gasteiger partial charge in [0.25, 0.3) is 0 Å². The molecule has 17 heavy (non-hydrogen) atoms. The standard InChI is InChI=1S/C11H18N4O2/c1-4-17-11(16)13-10-6-5-9(14-15-10)12-7-8(2)3/h5-6,8H,4,7H2,1-3H3,(H,12,14)(H,13,15,16). The molecule has 94 valence electrons. The third-order valence-corrected chi connectivity index (χ3v) is 1.86. The van der Waals surface area contributed by atoms with Crippen molar-refractivity contribution in [3.05, 3.63) is 12.1 Å². The molecule has 0 saturated heterocycles. The van der Waals surface area contributed by atoms with Crippen LogP contribution in [0, 0.1) is 5.92 Å². The predicted molar refractivity (Wildman–Crippen MR) is 66.0 cm³/mol. The first-order valence-electron chi connectivity index (χ1n) is 5.63. The van der Waals surface area contributed by atoms with Crippen LogP contribution in [0.5, 0.6) is 0 Å². The van der Waals surface area contributed by atoms with Crippen LogP contribution in [0.15, 0.2) is 12.1 Å². The molecule has 0 unspecified atom stereocenters. The van der Waals surface area contributed by atoms with Gasteiger partial charge in [0.2, 0.25) is 0 Å². The van der Waals surface area contributed by atoms with Crippen molar-refractivity contribution in [3.63, 3.8) is 0 Å². The summed E-state index contributed by atoms with van der Waals surface area (Å²) in [4.78, 5) is 11.1. The number of nitrogens with one attached hydrogen (secondary N) is 2. The summed E-state index contributed by atoms with van der Waals surface area (Å²) in [5.74, 6) is 1.60. The van der Waals surface area contributed by atoms with E-state index in [1.165, 1.54) is 0 Å². The van der Waals surface area contributed by atoms with Crippen LogP contribution in [0.1, 0.15) is 20.8 Å². The molecule has 0 aliphatic carbocycles. The van der Waals surface area contributed by atoms with Crippen molar-refractivity contribution in [2.75, 3.05) is 23.8 Å². The van der Waals surface area contributed by atoms with Crippen LogP contribution in [0.2, 0.25) is 0 Å². The molecule has 6 heteroatoms. The third kappa shape index (κ3) is 5.14. The number of carbonyl (C=O) groups excluding carboxylic acids is 1. The topological polar surface area (TPSA) is 76.1 Å². The predicted octanol–water partition coefficient (Wildman–Crippen LogP) is 2.11. The quantitative estimate of drug-likeness (QED) is 0.821. The van der Waals surface area contributed by atoms with Crippen LogP contribution in [0.4, 0.5) is 16.4 Å². The molecule has 0 aliphatic heterocycles. The van der Waals surface area contributed by atoms with Gasteiger partial charge in [0.1, 0.15) is 5.82 Å². The molecule has 0 fully saturated rings. The summed E-state index contributed by atoms with van der Waals surface area (Å²) in [6.07, 6.45) is -0.523. The van der Waals surface area contributed by atoms with E-state index in [1.807, 2.05) is 0 Å². The minimum atomic E-state index is -0.523. The highest BCUT2D eigenvalue weighted by Crippen LogP contribution is 2.07. The molecule has 1 amide bonds. The Balaban J connectivity index is 2.47. The van der Waals surface area contributed by atoms with Gasteiger partial charge in [0.15, 0.2) is 5.82 Å². The van der Waals surface area contributed by atoms with E-state index in [4.69, 9.17) is 4.74 Å². The SMILES string of the molecule is CCOC(=O)Nc1ccc(NCC(C)C)nn1. The second-order valence-electron chi connectivity index (χ2n) is 3.92. The summed E-state index contributed by atoms with van der Waals surface area (Å²) in [6.45, 7) is 7.12. The fraction of sp³-hybridized carbons (Fsp3) is 0.545. The number of ether oxygens (including phenoxy) is 1. The van der Waals surface area contributed by atoms with Crippen LogP contribution in [-0.4, -0.2) is 29.4 Å². The Bertz CT molecular complexity index is 351. The maximum atomic E-state index is 11.1. The number of anilines is 2. The molecule has 6 nitrogen and oxygen atoms in total. The van der Waals surface area contributed by atoms with Gasteiger partial charge in [-0.2, -0.15) is 0 Å². The molecular weight excluding hydrogens is 220 g/mol. The Morgan fingerprint density at radius 2 is 2.00 bits per heavy atom. The Kier molecular flexibility index (Phi) is 5.19. The van der Waals surface area contributed by atoms with Gasteiger partial charge in [-0.15, -0.1) is 10.2 Å². The maximum Gasteiger partial charge on any atom is 0.412 e. The Labute approximate surface area is 101 Å². The first-order valence-corrected chi connectivity index (χ1v) is 5.63. The lowest BCUT2D eigenvalue weighted by atomic mass is 10.2. The minimum absolute atomic E-state index is 0.327. The lowest BCUT2D eigenvalue weighted by Crippen LogP contribution is -2.15. The monoisotopic (exact) mass is 238 g/mol. The van der Waals surface area contributed by atoms with Gasteiger partial charge in [-0.05, 0) is 25.0 Å². The van der Waals surface area contributed by atoms with Gasteiger partial charge in [0.05, 0.1) is 6.61 Å². The lowest BCUT2D eigenvalue weighted by molar-refractivity contribution is 0.168. The zero-order chi connectivity index (χ0) is 12.7. The molecule has 2 N–H and O–H groups in total. The largest absolute Gasteiger partial charge is 0.450 e. The summed E-state index contributed by atoms with van der Waals surface area (Å²) in [6, 6.07) is 3.43. The Hall–Kier alpha value is -1.85. The molecule has 1 heterocycles. The minimum Gasteiger partial charge on any atom is -0.450 e. The van der Waals surface area contributed by atoms with Gasteiger partial charge in [-0.1, -0.05) is 13.8 Å². The Morgan fingerprint density at radius 3 is 2.53 bits per heavy atom. The average Bonchev–Trinajstić information content (AvgIpc) is 2.28. The highest BCUT2D eigenvalue weighted by atomic mass is 16.5. The molecule has 0 spiro atoms. The summed E-state index contributed by atoms with van der Waals surface area (Å²) in [7, 11) is 0. The van der Waals surface area contributed by atoms with Crippen molar-refractivity contribution in [3.8, 4) is 0 Å². The smallest absolute Gasteiger partial charge is 0.412 e. The van der Waals surface area contributed by atoms with Gasteiger partial charge >= 0.3 is 6.09 Å². The fourth-order valence-electron chi connectivity index (χ4n) is 1.07. The molecule has 0 bridgehead atoms. The van der Waals surface area contributed by atoms with Crippen molar-refractivity contribution in [2.45, 2.75) is 20.8 Å². The number of hydrogen-bond donors (Lipinski definition) is 2. The molecule has 0 aromatic carbocycles.